The predicted molar refractivity (Wildman–Crippen MR) is 101 cm³/mol. The van der Waals surface area contributed by atoms with Crippen molar-refractivity contribution in [2.45, 2.75) is 20.4 Å². The Morgan fingerprint density at radius 1 is 1.08 bits per heavy atom. The van der Waals surface area contributed by atoms with E-state index < -0.39 is 0 Å². The van der Waals surface area contributed by atoms with Crippen LogP contribution in [-0.2, 0) is 6.54 Å². The summed E-state index contributed by atoms with van der Waals surface area (Å²) >= 11 is 0. The number of benzene rings is 2. The SMILES string of the molecule is CC[n+]1cnc2c(c(-c3ccc(C)cc3)cn2-c2ccc(F)cc2)c1N. The highest BCUT2D eigenvalue weighted by Crippen LogP contribution is 2.34. The average Bonchev–Trinajstić information content (AvgIpc) is 3.04. The third kappa shape index (κ3) is 2.62. The average molecular weight is 347 g/mol. The second-order valence-corrected chi connectivity index (χ2v) is 6.37. The highest BCUT2D eigenvalue weighted by molar-refractivity contribution is 6.00. The lowest BCUT2D eigenvalue weighted by Crippen LogP contribution is -2.36. The lowest BCUT2D eigenvalue weighted by Gasteiger charge is -2.04. The lowest BCUT2D eigenvalue weighted by molar-refractivity contribution is -0.681. The second-order valence-electron chi connectivity index (χ2n) is 6.37. The standard InChI is InChI=1S/C21H19FN4/c1-3-25-13-24-21-19(20(25)23)18(15-6-4-14(2)5-7-15)12-26(21)17-10-8-16(22)9-11-17/h4-13,23H,3H2,1-2H3/p+1. The van der Waals surface area contributed by atoms with E-state index in [9.17, 15) is 4.39 Å². The fourth-order valence-corrected chi connectivity index (χ4v) is 3.21. The first-order chi connectivity index (χ1) is 12.6. The van der Waals surface area contributed by atoms with E-state index in [0.717, 1.165) is 34.4 Å². The van der Waals surface area contributed by atoms with Gasteiger partial charge in [-0.15, -0.1) is 0 Å². The van der Waals surface area contributed by atoms with Gasteiger partial charge in [0.2, 0.25) is 17.8 Å². The number of fused-ring (bicyclic) bond motifs is 1. The molecular formula is C21H20FN4+. The first kappa shape index (κ1) is 16.3. The van der Waals surface area contributed by atoms with Gasteiger partial charge in [-0.2, -0.15) is 0 Å². The maximum absolute atomic E-state index is 13.3. The molecule has 0 aliphatic heterocycles. The third-order valence-corrected chi connectivity index (χ3v) is 4.67. The minimum atomic E-state index is -0.264. The van der Waals surface area contributed by atoms with Gasteiger partial charge in [-0.3, -0.25) is 4.57 Å². The van der Waals surface area contributed by atoms with E-state index in [-0.39, 0.29) is 5.82 Å². The summed E-state index contributed by atoms with van der Waals surface area (Å²) in [7, 11) is 0. The Kier molecular flexibility index (Phi) is 3.92. The normalized spacial score (nSPS) is 11.2. The summed E-state index contributed by atoms with van der Waals surface area (Å²) < 4.78 is 17.2. The number of aryl methyl sites for hydroxylation is 2. The molecule has 0 bridgehead atoms. The number of halogens is 1. The Bertz CT molecular complexity index is 1080. The zero-order chi connectivity index (χ0) is 18.3. The molecule has 2 heterocycles. The molecule has 0 aliphatic carbocycles. The van der Waals surface area contributed by atoms with Crippen molar-refractivity contribution in [3.8, 4) is 16.8 Å². The third-order valence-electron chi connectivity index (χ3n) is 4.67. The van der Waals surface area contributed by atoms with Gasteiger partial charge in [0.15, 0.2) is 0 Å². The molecule has 0 radical (unpaired) electrons. The van der Waals surface area contributed by atoms with Crippen LogP contribution in [0.5, 0.6) is 0 Å². The molecule has 0 fully saturated rings. The topological polar surface area (TPSA) is 47.7 Å². The molecular weight excluding hydrogens is 327 g/mol. The molecule has 4 aromatic rings. The van der Waals surface area contributed by atoms with E-state index in [1.54, 1.807) is 18.5 Å². The van der Waals surface area contributed by atoms with Gasteiger partial charge >= 0.3 is 0 Å². The van der Waals surface area contributed by atoms with Crippen molar-refractivity contribution < 1.29 is 8.96 Å². The zero-order valence-corrected chi connectivity index (χ0v) is 14.8. The van der Waals surface area contributed by atoms with Crippen molar-refractivity contribution in [1.29, 1.82) is 0 Å². The number of nitrogens with zero attached hydrogens (tertiary/aromatic N) is 3. The quantitative estimate of drug-likeness (QED) is 0.569. The van der Waals surface area contributed by atoms with Crippen LogP contribution >= 0.6 is 0 Å². The summed E-state index contributed by atoms with van der Waals surface area (Å²) in [6.07, 6.45) is 3.77. The number of aromatic nitrogens is 3. The zero-order valence-electron chi connectivity index (χ0n) is 14.8. The van der Waals surface area contributed by atoms with Crippen LogP contribution in [-0.4, -0.2) is 9.55 Å². The van der Waals surface area contributed by atoms with Gasteiger partial charge in [0.25, 0.3) is 0 Å². The summed E-state index contributed by atoms with van der Waals surface area (Å²) in [5.41, 5.74) is 11.3. The van der Waals surface area contributed by atoms with Crippen LogP contribution in [0.15, 0.2) is 61.1 Å². The molecule has 2 aromatic heterocycles. The molecule has 4 nitrogen and oxygen atoms in total. The Hall–Kier alpha value is -3.21. The van der Waals surface area contributed by atoms with Crippen LogP contribution in [0, 0.1) is 12.7 Å². The van der Waals surface area contributed by atoms with E-state index in [4.69, 9.17) is 5.73 Å². The van der Waals surface area contributed by atoms with Gasteiger partial charge in [-0.1, -0.05) is 34.8 Å². The predicted octanol–water partition coefficient (Wildman–Crippen LogP) is 4.03. The number of rotatable bonds is 3. The van der Waals surface area contributed by atoms with Crippen molar-refractivity contribution in [3.63, 3.8) is 0 Å². The minimum Gasteiger partial charge on any atom is -0.318 e. The molecule has 0 unspecified atom stereocenters. The van der Waals surface area contributed by atoms with Gasteiger partial charge in [0, 0.05) is 17.4 Å². The number of hydrogen-bond acceptors (Lipinski definition) is 2. The van der Waals surface area contributed by atoms with E-state index in [1.165, 1.54) is 17.7 Å². The molecule has 0 saturated heterocycles. The van der Waals surface area contributed by atoms with Gasteiger partial charge in [-0.25, -0.2) is 8.96 Å². The monoisotopic (exact) mass is 347 g/mol. The number of nitrogen functional groups attached to an aromatic ring is 1. The van der Waals surface area contributed by atoms with E-state index in [0.29, 0.717) is 5.82 Å². The van der Waals surface area contributed by atoms with Crippen molar-refractivity contribution in [3.05, 3.63) is 72.4 Å². The lowest BCUT2D eigenvalue weighted by atomic mass is 10.0. The summed E-state index contributed by atoms with van der Waals surface area (Å²) in [6, 6.07) is 14.7. The summed E-state index contributed by atoms with van der Waals surface area (Å²) in [6.45, 7) is 4.84. The highest BCUT2D eigenvalue weighted by Gasteiger charge is 2.21. The largest absolute Gasteiger partial charge is 0.318 e. The van der Waals surface area contributed by atoms with Crippen LogP contribution in [0.3, 0.4) is 0 Å². The van der Waals surface area contributed by atoms with Crippen LogP contribution in [0.1, 0.15) is 12.5 Å². The van der Waals surface area contributed by atoms with Crippen molar-refractivity contribution in [1.82, 2.24) is 9.55 Å². The Balaban J connectivity index is 2.04. The first-order valence-electron chi connectivity index (χ1n) is 8.60. The van der Waals surface area contributed by atoms with E-state index in [1.807, 2.05) is 22.3 Å². The maximum Gasteiger partial charge on any atom is 0.232 e. The molecule has 2 N–H and O–H groups in total. The van der Waals surface area contributed by atoms with Crippen molar-refractivity contribution in [2.75, 3.05) is 5.73 Å². The first-order valence-corrected chi connectivity index (χ1v) is 8.60. The van der Waals surface area contributed by atoms with Gasteiger partial charge < -0.3 is 5.73 Å². The van der Waals surface area contributed by atoms with E-state index >= 15 is 0 Å². The smallest absolute Gasteiger partial charge is 0.232 e. The molecule has 4 rings (SSSR count). The van der Waals surface area contributed by atoms with Crippen LogP contribution in [0.25, 0.3) is 27.8 Å². The highest BCUT2D eigenvalue weighted by atomic mass is 19.1. The van der Waals surface area contributed by atoms with Crippen LogP contribution in [0.2, 0.25) is 0 Å². The Morgan fingerprint density at radius 2 is 1.77 bits per heavy atom. The van der Waals surface area contributed by atoms with Crippen molar-refractivity contribution >= 4 is 16.9 Å². The molecule has 2 aromatic carbocycles. The van der Waals surface area contributed by atoms with Gasteiger partial charge in [0.05, 0.1) is 6.54 Å². The molecule has 0 atom stereocenters. The van der Waals surface area contributed by atoms with Crippen LogP contribution < -0.4 is 10.3 Å². The molecule has 0 aliphatic rings. The summed E-state index contributed by atoms with van der Waals surface area (Å²) in [5.74, 6) is 0.411. The fourth-order valence-electron chi connectivity index (χ4n) is 3.21. The molecule has 0 spiro atoms. The molecule has 0 saturated carbocycles. The summed E-state index contributed by atoms with van der Waals surface area (Å²) in [4.78, 5) is 4.63. The van der Waals surface area contributed by atoms with Crippen molar-refractivity contribution in [2.24, 2.45) is 0 Å². The molecule has 26 heavy (non-hydrogen) atoms. The number of nitrogens with two attached hydrogens (primary N) is 1. The minimum absolute atomic E-state index is 0.264. The Morgan fingerprint density at radius 3 is 2.42 bits per heavy atom. The van der Waals surface area contributed by atoms with Gasteiger partial charge in [-0.05, 0) is 43.7 Å². The van der Waals surface area contributed by atoms with E-state index in [2.05, 4.69) is 36.2 Å². The maximum atomic E-state index is 13.3. The Labute approximate surface area is 151 Å². The summed E-state index contributed by atoms with van der Waals surface area (Å²) in [5, 5.41) is 0.905. The molecule has 130 valence electrons. The second kappa shape index (κ2) is 6.26. The number of anilines is 1. The number of hydrogen-bond donors (Lipinski definition) is 1. The fraction of sp³-hybridized carbons (Fsp3) is 0.143. The van der Waals surface area contributed by atoms with Gasteiger partial charge in [0.1, 0.15) is 11.2 Å². The van der Waals surface area contributed by atoms with Crippen LogP contribution in [0.4, 0.5) is 10.2 Å². The molecule has 0 amide bonds. The molecule has 5 heteroatoms.